The summed E-state index contributed by atoms with van der Waals surface area (Å²) in [5, 5.41) is 6.35. The number of fused-ring (bicyclic) bond motifs is 1. The molecule has 7 nitrogen and oxygen atoms in total. The first kappa shape index (κ1) is 21.0. The Morgan fingerprint density at radius 3 is 2.06 bits per heavy atom. The molecule has 3 aromatic carbocycles. The number of benzene rings is 3. The number of carbonyl (C=O) groups is 2. The Balaban J connectivity index is 1.27. The lowest BCUT2D eigenvalue weighted by Crippen LogP contribution is -2.13. The van der Waals surface area contributed by atoms with Crippen LogP contribution in [-0.2, 0) is 0 Å². The van der Waals surface area contributed by atoms with Crippen molar-refractivity contribution in [1.82, 2.24) is 0 Å². The van der Waals surface area contributed by atoms with Crippen molar-refractivity contribution < 1.29 is 18.4 Å². The number of hydrogen-bond acceptors (Lipinski definition) is 5. The van der Waals surface area contributed by atoms with Crippen molar-refractivity contribution in [3.63, 3.8) is 0 Å². The number of anilines is 2. The average molecular weight is 450 g/mol. The van der Waals surface area contributed by atoms with E-state index in [9.17, 15) is 14.4 Å². The molecular weight excluding hydrogens is 432 g/mol. The third-order valence-electron chi connectivity index (χ3n) is 5.25. The molecule has 0 aliphatic heterocycles. The summed E-state index contributed by atoms with van der Waals surface area (Å²) >= 11 is 0. The summed E-state index contributed by atoms with van der Waals surface area (Å²) < 4.78 is 10.5. The van der Waals surface area contributed by atoms with Gasteiger partial charge in [-0.25, -0.2) is 4.79 Å². The Labute approximate surface area is 193 Å². The molecule has 7 heteroatoms. The van der Waals surface area contributed by atoms with Crippen LogP contribution in [0.2, 0.25) is 0 Å². The molecule has 5 aromatic rings. The van der Waals surface area contributed by atoms with Gasteiger partial charge in [-0.2, -0.15) is 0 Å². The predicted octanol–water partition coefficient (Wildman–Crippen LogP) is 5.56. The fourth-order valence-corrected chi connectivity index (χ4v) is 3.50. The average Bonchev–Trinajstić information content (AvgIpc) is 3.40. The van der Waals surface area contributed by atoms with E-state index >= 15 is 0 Å². The lowest BCUT2D eigenvalue weighted by atomic mass is 10.0. The van der Waals surface area contributed by atoms with Crippen molar-refractivity contribution in [3.05, 3.63) is 119 Å². The molecule has 2 aromatic heterocycles. The van der Waals surface area contributed by atoms with Crippen LogP contribution in [0.1, 0.15) is 20.9 Å². The van der Waals surface area contributed by atoms with Gasteiger partial charge in [-0.1, -0.05) is 30.3 Å². The molecule has 0 fully saturated rings. The van der Waals surface area contributed by atoms with E-state index in [4.69, 9.17) is 8.83 Å². The number of amides is 2. The van der Waals surface area contributed by atoms with Crippen LogP contribution in [-0.4, -0.2) is 11.8 Å². The summed E-state index contributed by atoms with van der Waals surface area (Å²) in [7, 11) is 0. The van der Waals surface area contributed by atoms with Crippen LogP contribution in [0.3, 0.4) is 0 Å². The van der Waals surface area contributed by atoms with Crippen LogP contribution in [0.5, 0.6) is 0 Å². The molecular formula is C27H18N2O5. The monoisotopic (exact) mass is 450 g/mol. The van der Waals surface area contributed by atoms with Gasteiger partial charge in [0.2, 0.25) is 0 Å². The molecule has 2 N–H and O–H groups in total. The van der Waals surface area contributed by atoms with Crippen molar-refractivity contribution >= 4 is 34.2 Å². The molecule has 0 atom stereocenters. The molecule has 0 saturated heterocycles. The Morgan fingerprint density at radius 1 is 0.706 bits per heavy atom. The standard InChI is InChI=1S/C27H18N2O5/c30-25(28-20-11-13-21(14-12-20)29-26(31)24-6-3-15-33-24)18-9-7-17(8-10-18)22-16-19-4-1-2-5-23(19)34-27(22)32/h1-16H,(H,28,30)(H,29,31). The molecule has 0 aliphatic carbocycles. The second-order valence-electron chi connectivity index (χ2n) is 7.53. The lowest BCUT2D eigenvalue weighted by Gasteiger charge is -2.08. The maximum atomic E-state index is 12.6. The van der Waals surface area contributed by atoms with E-state index in [-0.39, 0.29) is 17.6 Å². The lowest BCUT2D eigenvalue weighted by molar-refractivity contribution is 0.0994. The van der Waals surface area contributed by atoms with Gasteiger partial charge < -0.3 is 19.5 Å². The molecule has 34 heavy (non-hydrogen) atoms. The fraction of sp³-hybridized carbons (Fsp3) is 0. The quantitative estimate of drug-likeness (QED) is 0.342. The zero-order chi connectivity index (χ0) is 23.5. The van der Waals surface area contributed by atoms with Gasteiger partial charge in [-0.05, 0) is 66.2 Å². The van der Waals surface area contributed by atoms with E-state index < -0.39 is 5.63 Å². The van der Waals surface area contributed by atoms with Gasteiger partial charge in [-0.15, -0.1) is 0 Å². The Kier molecular flexibility index (Phi) is 5.50. The number of rotatable bonds is 5. The summed E-state index contributed by atoms with van der Waals surface area (Å²) in [6, 6.07) is 25.7. The van der Waals surface area contributed by atoms with E-state index in [1.165, 1.54) is 6.26 Å². The van der Waals surface area contributed by atoms with Gasteiger partial charge in [0.1, 0.15) is 5.58 Å². The summed E-state index contributed by atoms with van der Waals surface area (Å²) in [4.78, 5) is 37.1. The van der Waals surface area contributed by atoms with E-state index in [2.05, 4.69) is 10.6 Å². The van der Waals surface area contributed by atoms with Crippen molar-refractivity contribution in [3.8, 4) is 11.1 Å². The Morgan fingerprint density at radius 2 is 1.38 bits per heavy atom. The first-order valence-electron chi connectivity index (χ1n) is 10.5. The third kappa shape index (κ3) is 4.35. The third-order valence-corrected chi connectivity index (χ3v) is 5.25. The smallest absolute Gasteiger partial charge is 0.344 e. The van der Waals surface area contributed by atoms with Crippen molar-refractivity contribution in [2.75, 3.05) is 10.6 Å². The zero-order valence-corrected chi connectivity index (χ0v) is 17.8. The topological polar surface area (TPSA) is 102 Å². The molecule has 0 radical (unpaired) electrons. The molecule has 2 amide bonds. The van der Waals surface area contributed by atoms with Crippen LogP contribution in [0.15, 0.2) is 111 Å². The van der Waals surface area contributed by atoms with Gasteiger partial charge in [-0.3, -0.25) is 9.59 Å². The van der Waals surface area contributed by atoms with Crippen LogP contribution >= 0.6 is 0 Å². The number of furan rings is 1. The van der Waals surface area contributed by atoms with E-state index in [1.807, 2.05) is 18.2 Å². The first-order chi connectivity index (χ1) is 16.6. The maximum Gasteiger partial charge on any atom is 0.344 e. The minimum atomic E-state index is -0.435. The van der Waals surface area contributed by atoms with Crippen molar-refractivity contribution in [2.24, 2.45) is 0 Å². The van der Waals surface area contributed by atoms with Crippen LogP contribution < -0.4 is 16.3 Å². The molecule has 0 aliphatic rings. The van der Waals surface area contributed by atoms with E-state index in [0.717, 1.165) is 5.39 Å². The largest absolute Gasteiger partial charge is 0.459 e. The number of para-hydroxylation sites is 1. The van der Waals surface area contributed by atoms with Crippen LogP contribution in [0, 0.1) is 0 Å². The van der Waals surface area contributed by atoms with Gasteiger partial charge in [0.15, 0.2) is 5.76 Å². The first-order valence-corrected chi connectivity index (χ1v) is 10.5. The highest BCUT2D eigenvalue weighted by Gasteiger charge is 2.11. The molecule has 0 spiro atoms. The van der Waals surface area contributed by atoms with Gasteiger partial charge in [0.25, 0.3) is 11.8 Å². The normalized spacial score (nSPS) is 10.7. The Hall–Kier alpha value is -4.91. The summed E-state index contributed by atoms with van der Waals surface area (Å²) in [5.41, 5.74) is 2.75. The molecule has 0 bridgehead atoms. The van der Waals surface area contributed by atoms with E-state index in [0.29, 0.717) is 33.6 Å². The fourth-order valence-electron chi connectivity index (χ4n) is 3.50. The molecule has 2 heterocycles. The number of hydrogen-bond donors (Lipinski definition) is 2. The summed E-state index contributed by atoms with van der Waals surface area (Å²) in [5.74, 6) is -0.450. The summed E-state index contributed by atoms with van der Waals surface area (Å²) in [6.45, 7) is 0. The van der Waals surface area contributed by atoms with E-state index in [1.54, 1.807) is 72.8 Å². The Bertz CT molecular complexity index is 1530. The van der Waals surface area contributed by atoms with Gasteiger partial charge in [0.05, 0.1) is 11.8 Å². The summed E-state index contributed by atoms with van der Waals surface area (Å²) in [6.07, 6.45) is 1.43. The SMILES string of the molecule is O=C(Nc1ccc(NC(=O)c2ccco2)cc1)c1ccc(-c2cc3ccccc3oc2=O)cc1. The minimum absolute atomic E-state index is 0.210. The van der Waals surface area contributed by atoms with Crippen LogP contribution in [0.4, 0.5) is 11.4 Å². The number of carbonyl (C=O) groups excluding carboxylic acids is 2. The zero-order valence-electron chi connectivity index (χ0n) is 17.8. The molecule has 5 rings (SSSR count). The highest BCUT2D eigenvalue weighted by molar-refractivity contribution is 6.05. The molecule has 166 valence electrons. The second kappa shape index (κ2) is 8.91. The van der Waals surface area contributed by atoms with Gasteiger partial charge in [0, 0.05) is 22.3 Å². The van der Waals surface area contributed by atoms with Crippen molar-refractivity contribution in [2.45, 2.75) is 0 Å². The predicted molar refractivity (Wildman–Crippen MR) is 129 cm³/mol. The maximum absolute atomic E-state index is 12.6. The van der Waals surface area contributed by atoms with Crippen molar-refractivity contribution in [1.29, 1.82) is 0 Å². The highest BCUT2D eigenvalue weighted by atomic mass is 16.4. The van der Waals surface area contributed by atoms with Crippen LogP contribution in [0.25, 0.3) is 22.1 Å². The molecule has 0 unspecified atom stereocenters. The highest BCUT2D eigenvalue weighted by Crippen LogP contribution is 2.22. The second-order valence-corrected chi connectivity index (χ2v) is 7.53. The number of nitrogens with one attached hydrogen (secondary N) is 2. The molecule has 0 saturated carbocycles. The van der Waals surface area contributed by atoms with Gasteiger partial charge >= 0.3 is 5.63 Å². The minimum Gasteiger partial charge on any atom is -0.459 e.